The van der Waals surface area contributed by atoms with Gasteiger partial charge in [-0.05, 0) is 46.7 Å². The van der Waals surface area contributed by atoms with E-state index in [1.807, 2.05) is 0 Å². The van der Waals surface area contributed by atoms with Crippen molar-refractivity contribution in [1.29, 1.82) is 0 Å². The van der Waals surface area contributed by atoms with Gasteiger partial charge in [0.05, 0.1) is 0 Å². The lowest BCUT2D eigenvalue weighted by atomic mass is 10.0. The molecule has 0 saturated heterocycles. The highest BCUT2D eigenvalue weighted by molar-refractivity contribution is 7.77. The van der Waals surface area contributed by atoms with Crippen LogP contribution < -0.4 is 15.7 Å². The van der Waals surface area contributed by atoms with Gasteiger partial charge in [-0.15, -0.1) is 0 Å². The van der Waals surface area contributed by atoms with Crippen LogP contribution >= 0.6 is 7.14 Å². The van der Waals surface area contributed by atoms with E-state index in [9.17, 15) is 35.3 Å². The minimum Gasteiger partial charge on any atom is -0.307 e. The molecule has 11 heteroatoms. The van der Waals surface area contributed by atoms with Crippen molar-refractivity contribution in [1.82, 2.24) is 0 Å². The molecule has 0 aromatic heterocycles. The van der Waals surface area contributed by atoms with Crippen LogP contribution in [0.3, 0.4) is 0 Å². The number of fused-ring (bicyclic) bond motifs is 1. The molecule has 0 aliphatic carbocycles. The van der Waals surface area contributed by atoms with Crippen LogP contribution in [0, 0.1) is 0 Å². The maximum Gasteiger partial charge on any atom is 0.460 e. The Kier molecular flexibility index (Phi) is 8.06. The van der Waals surface area contributed by atoms with E-state index in [-0.39, 0.29) is 10.4 Å². The predicted molar refractivity (Wildman–Crippen MR) is 136 cm³/mol. The van der Waals surface area contributed by atoms with E-state index in [1.165, 1.54) is 12.1 Å². The van der Waals surface area contributed by atoms with Crippen molar-refractivity contribution in [2.75, 3.05) is 0 Å². The van der Waals surface area contributed by atoms with Crippen LogP contribution in [0.4, 0.5) is 39.5 Å². The van der Waals surface area contributed by atoms with Crippen LogP contribution in [0.5, 0.6) is 0 Å². The highest BCUT2D eigenvalue weighted by Gasteiger charge is 2.85. The Balaban J connectivity index is 2.42. The van der Waals surface area contributed by atoms with Crippen molar-refractivity contribution in [3.63, 3.8) is 0 Å². The van der Waals surface area contributed by atoms with Gasteiger partial charge < -0.3 is 4.57 Å². The Morgan fingerprint density at radius 3 is 1.95 bits per heavy atom. The van der Waals surface area contributed by atoms with E-state index in [2.05, 4.69) is 6.58 Å². The summed E-state index contributed by atoms with van der Waals surface area (Å²) < 4.78 is 141. The van der Waals surface area contributed by atoms with E-state index in [0.717, 1.165) is 31.2 Å². The second kappa shape index (κ2) is 10.4. The van der Waals surface area contributed by atoms with Gasteiger partial charge >= 0.3 is 23.7 Å². The molecule has 0 saturated carbocycles. The van der Waals surface area contributed by atoms with E-state index in [1.54, 1.807) is 43.3 Å². The molecule has 0 N–H and O–H groups in total. The molecule has 0 bridgehead atoms. The van der Waals surface area contributed by atoms with Crippen molar-refractivity contribution in [2.45, 2.75) is 37.5 Å². The number of alkyl halides is 9. The van der Waals surface area contributed by atoms with Crippen LogP contribution in [0.25, 0.3) is 29.5 Å². The molecule has 1 unspecified atom stereocenters. The van der Waals surface area contributed by atoms with Gasteiger partial charge in [-0.25, -0.2) is 0 Å². The third-order valence-corrected chi connectivity index (χ3v) is 9.39. The molecule has 208 valence electrons. The van der Waals surface area contributed by atoms with Gasteiger partial charge in [0, 0.05) is 10.6 Å². The first-order valence-corrected chi connectivity index (χ1v) is 13.1. The summed E-state index contributed by atoms with van der Waals surface area (Å²) in [7, 11) is -6.24. The summed E-state index contributed by atoms with van der Waals surface area (Å²) >= 11 is 0. The summed E-state index contributed by atoms with van der Waals surface area (Å²) in [6, 6.07) is 12.8. The lowest BCUT2D eigenvalue weighted by molar-refractivity contribution is -0.382. The highest BCUT2D eigenvalue weighted by Crippen LogP contribution is 2.72. The monoisotopic (exact) mass is 576 g/mol. The number of hydrogen-bond donors (Lipinski definition) is 0. The van der Waals surface area contributed by atoms with E-state index in [0.29, 0.717) is 28.5 Å². The summed E-state index contributed by atoms with van der Waals surface area (Å²) in [5, 5.41) is -0.652. The van der Waals surface area contributed by atoms with Crippen LogP contribution in [0.1, 0.15) is 19.4 Å². The van der Waals surface area contributed by atoms with Crippen molar-refractivity contribution in [3.8, 4) is 0 Å². The van der Waals surface area contributed by atoms with E-state index >= 15 is 8.78 Å². The quantitative estimate of drug-likeness (QED) is 0.205. The van der Waals surface area contributed by atoms with Gasteiger partial charge in [0.15, 0.2) is 0 Å². The van der Waals surface area contributed by atoms with Crippen molar-refractivity contribution < 1.29 is 44.1 Å². The minimum atomic E-state index is -7.20. The zero-order valence-electron chi connectivity index (χ0n) is 20.5. The maximum atomic E-state index is 15.5. The van der Waals surface area contributed by atoms with Gasteiger partial charge in [-0.2, -0.15) is 39.5 Å². The van der Waals surface area contributed by atoms with Gasteiger partial charge in [-0.3, -0.25) is 0 Å². The van der Waals surface area contributed by atoms with Gasteiger partial charge in [-0.1, -0.05) is 85.5 Å². The van der Waals surface area contributed by atoms with Gasteiger partial charge in [0.1, 0.15) is 0 Å². The molecule has 0 amide bonds. The van der Waals surface area contributed by atoms with Crippen molar-refractivity contribution in [3.05, 3.63) is 94.1 Å². The Morgan fingerprint density at radius 1 is 0.795 bits per heavy atom. The molecular formula is C28H22F9OP. The molecule has 0 heterocycles. The Morgan fingerprint density at radius 2 is 1.41 bits per heavy atom. The van der Waals surface area contributed by atoms with Crippen molar-refractivity contribution in [2.24, 2.45) is 0 Å². The molecule has 1 nitrogen and oxygen atoms in total. The van der Waals surface area contributed by atoms with E-state index < -0.39 is 41.4 Å². The summed E-state index contributed by atoms with van der Waals surface area (Å²) in [4.78, 5) is 0. The number of rotatable bonds is 7. The molecule has 3 rings (SSSR count). The molecule has 1 atom stereocenters. The first-order valence-electron chi connectivity index (χ1n) is 11.4. The molecule has 0 aliphatic heterocycles. The second-order valence-electron chi connectivity index (χ2n) is 8.57. The number of halogens is 9. The smallest absolute Gasteiger partial charge is 0.307 e. The first kappa shape index (κ1) is 30.3. The summed E-state index contributed by atoms with van der Waals surface area (Å²) in [5.41, 5.74) is -5.71. The minimum absolute atomic E-state index is 0.0189. The standard InChI is InChI=1S/C28H22F9OP/c1-4-10-19-11-9-12-20-15-16-21(18(3)24(19)20)17-22(5-2)39(38,23-13-7-6-8-14-23)28(36,37)26(31,32)25(29,30)27(33,34)35/h4-17H,3H2,1-2H3/b10-4-,21-17-,22-5+. The third kappa shape index (κ3) is 4.73. The lowest BCUT2D eigenvalue weighted by Crippen LogP contribution is -2.61. The zero-order valence-corrected chi connectivity index (χ0v) is 21.4. The fourth-order valence-corrected chi connectivity index (χ4v) is 6.90. The average Bonchev–Trinajstić information content (AvgIpc) is 2.87. The highest BCUT2D eigenvalue weighted by atomic mass is 31.2. The Hall–Kier alpha value is -3.26. The summed E-state index contributed by atoms with van der Waals surface area (Å²) in [6.07, 6.45) is -2.08. The average molecular weight is 576 g/mol. The van der Waals surface area contributed by atoms with Crippen LogP contribution in [0.2, 0.25) is 0 Å². The molecule has 39 heavy (non-hydrogen) atoms. The lowest BCUT2D eigenvalue weighted by Gasteiger charge is -2.38. The van der Waals surface area contributed by atoms with Gasteiger partial charge in [0.25, 0.3) is 0 Å². The number of hydrogen-bond acceptors (Lipinski definition) is 1. The van der Waals surface area contributed by atoms with E-state index in [4.69, 9.17) is 0 Å². The topological polar surface area (TPSA) is 17.1 Å². The first-order chi connectivity index (χ1) is 18.0. The van der Waals surface area contributed by atoms with Crippen molar-refractivity contribution >= 4 is 41.9 Å². The molecule has 0 fully saturated rings. The predicted octanol–water partition coefficient (Wildman–Crippen LogP) is 8.08. The molecule has 0 aliphatic rings. The molecule has 3 aromatic carbocycles. The fourth-order valence-electron chi connectivity index (χ4n) is 4.15. The molecule has 3 aromatic rings. The Bertz CT molecular complexity index is 1590. The molecule has 0 radical (unpaired) electrons. The fraction of sp³-hybridized carbons (Fsp3) is 0.214. The zero-order chi connectivity index (χ0) is 29.4. The number of benzene rings is 3. The number of allylic oxidation sites excluding steroid dienone is 3. The van der Waals surface area contributed by atoms with Gasteiger partial charge in [0.2, 0.25) is 7.14 Å². The Labute approximate surface area is 218 Å². The SMILES string of the molecule is C=c1/c(=C\C(=C/C)P(=O)(c2ccccc2)C(F)(F)C(F)(F)C(F)(F)C(F)(F)F)ccc2cccc(/C=C\C)c12. The molecule has 0 spiro atoms. The summed E-state index contributed by atoms with van der Waals surface area (Å²) in [6.45, 7) is 6.70. The maximum absolute atomic E-state index is 15.5. The normalized spacial score (nSPS) is 16.2. The summed E-state index contributed by atoms with van der Waals surface area (Å²) in [5.74, 6) is -14.3. The van der Waals surface area contributed by atoms with Crippen LogP contribution in [-0.4, -0.2) is 23.7 Å². The van der Waals surface area contributed by atoms with Crippen LogP contribution in [-0.2, 0) is 4.57 Å². The molecular weight excluding hydrogens is 554 g/mol. The largest absolute Gasteiger partial charge is 0.460 e. The van der Waals surface area contributed by atoms with Crippen LogP contribution in [0.15, 0.2) is 78.1 Å². The second-order valence-corrected chi connectivity index (χ2v) is 11.4. The third-order valence-electron chi connectivity index (χ3n) is 6.17.